The van der Waals surface area contributed by atoms with Gasteiger partial charge in [-0.15, -0.1) is 0 Å². The number of benzene rings is 1. The number of hydrogen-bond donors (Lipinski definition) is 0. The van der Waals surface area contributed by atoms with E-state index < -0.39 is 0 Å². The molecular formula is C14H15N3O2. The Morgan fingerprint density at radius 2 is 2.11 bits per heavy atom. The normalized spacial score (nSPS) is 15.1. The van der Waals surface area contributed by atoms with Crippen LogP contribution < -0.4 is 4.74 Å². The largest absolute Gasteiger partial charge is 0.484 e. The van der Waals surface area contributed by atoms with Crippen molar-refractivity contribution in [1.82, 2.24) is 14.5 Å². The zero-order valence-corrected chi connectivity index (χ0v) is 10.5. The minimum absolute atomic E-state index is 0.0280. The van der Waals surface area contributed by atoms with Crippen LogP contribution in [-0.4, -0.2) is 40.1 Å². The summed E-state index contributed by atoms with van der Waals surface area (Å²) >= 11 is 0. The van der Waals surface area contributed by atoms with Gasteiger partial charge in [0.1, 0.15) is 5.75 Å². The zero-order chi connectivity index (χ0) is 13.1. The molecule has 1 aromatic heterocycles. The summed E-state index contributed by atoms with van der Waals surface area (Å²) in [4.78, 5) is 17.7. The molecule has 0 atom stereocenters. The van der Waals surface area contributed by atoms with Crippen LogP contribution in [0.2, 0.25) is 0 Å². The van der Waals surface area contributed by atoms with E-state index in [1.807, 2.05) is 41.1 Å². The molecule has 0 unspecified atom stereocenters. The van der Waals surface area contributed by atoms with Crippen LogP contribution in [0.15, 0.2) is 49.1 Å². The third kappa shape index (κ3) is 2.59. The van der Waals surface area contributed by atoms with E-state index >= 15 is 0 Å². The molecule has 1 aliphatic rings. The third-order valence-electron chi connectivity index (χ3n) is 3.27. The molecule has 0 radical (unpaired) electrons. The molecular weight excluding hydrogens is 242 g/mol. The van der Waals surface area contributed by atoms with E-state index in [0.717, 1.165) is 18.8 Å². The van der Waals surface area contributed by atoms with Crippen molar-refractivity contribution in [2.45, 2.75) is 6.04 Å². The molecule has 0 N–H and O–H groups in total. The molecule has 0 bridgehead atoms. The first-order chi connectivity index (χ1) is 9.33. The van der Waals surface area contributed by atoms with Gasteiger partial charge in [-0.2, -0.15) is 0 Å². The summed E-state index contributed by atoms with van der Waals surface area (Å²) in [6, 6.07) is 9.73. The molecule has 0 spiro atoms. The average Bonchev–Trinajstić information content (AvgIpc) is 2.90. The number of imidazole rings is 1. The Kier molecular flexibility index (Phi) is 3.18. The lowest BCUT2D eigenvalue weighted by molar-refractivity contribution is -0.139. The number of para-hydroxylation sites is 1. The van der Waals surface area contributed by atoms with Gasteiger partial charge in [0.25, 0.3) is 5.91 Å². The molecule has 1 saturated heterocycles. The Morgan fingerprint density at radius 1 is 1.32 bits per heavy atom. The molecule has 2 aromatic rings. The topological polar surface area (TPSA) is 47.4 Å². The highest BCUT2D eigenvalue weighted by molar-refractivity contribution is 5.78. The Hall–Kier alpha value is -2.30. The maximum absolute atomic E-state index is 11.9. The van der Waals surface area contributed by atoms with Crippen LogP contribution >= 0.6 is 0 Å². The molecule has 1 amide bonds. The van der Waals surface area contributed by atoms with Crippen molar-refractivity contribution in [3.63, 3.8) is 0 Å². The van der Waals surface area contributed by atoms with E-state index in [-0.39, 0.29) is 12.5 Å². The molecule has 1 aromatic carbocycles. The van der Waals surface area contributed by atoms with Gasteiger partial charge >= 0.3 is 0 Å². The quantitative estimate of drug-likeness (QED) is 0.830. The number of carbonyl (C=O) groups is 1. The summed E-state index contributed by atoms with van der Waals surface area (Å²) in [5.74, 6) is 0.753. The summed E-state index contributed by atoms with van der Waals surface area (Å²) < 4.78 is 7.47. The summed E-state index contributed by atoms with van der Waals surface area (Å²) in [5, 5.41) is 0. The number of nitrogens with zero attached hydrogens (tertiary/aromatic N) is 3. The molecule has 1 fully saturated rings. The van der Waals surface area contributed by atoms with Gasteiger partial charge in [0, 0.05) is 25.5 Å². The summed E-state index contributed by atoms with van der Waals surface area (Å²) in [6.45, 7) is 1.56. The highest BCUT2D eigenvalue weighted by Crippen LogP contribution is 2.20. The number of hydrogen-bond acceptors (Lipinski definition) is 3. The highest BCUT2D eigenvalue weighted by Gasteiger charge is 2.31. The first kappa shape index (κ1) is 11.8. The predicted molar refractivity (Wildman–Crippen MR) is 69.8 cm³/mol. The molecule has 1 aliphatic heterocycles. The number of likely N-dealkylation sites (tertiary alicyclic amines) is 1. The maximum Gasteiger partial charge on any atom is 0.260 e. The first-order valence-electron chi connectivity index (χ1n) is 6.26. The summed E-state index contributed by atoms with van der Waals surface area (Å²) in [6.07, 6.45) is 5.46. The lowest BCUT2D eigenvalue weighted by Gasteiger charge is -2.39. The number of rotatable bonds is 4. The number of amides is 1. The average molecular weight is 257 g/mol. The maximum atomic E-state index is 11.9. The summed E-state index contributed by atoms with van der Waals surface area (Å²) in [7, 11) is 0. The van der Waals surface area contributed by atoms with Crippen molar-refractivity contribution in [2.24, 2.45) is 0 Å². The van der Waals surface area contributed by atoms with Gasteiger partial charge in [-0.25, -0.2) is 4.98 Å². The second kappa shape index (κ2) is 5.14. The Labute approximate surface area is 111 Å². The number of ether oxygens (including phenoxy) is 1. The van der Waals surface area contributed by atoms with Crippen LogP contribution in [0, 0.1) is 0 Å². The zero-order valence-electron chi connectivity index (χ0n) is 10.5. The fourth-order valence-corrected chi connectivity index (χ4v) is 2.09. The van der Waals surface area contributed by atoms with Gasteiger partial charge in [0.05, 0.1) is 12.4 Å². The predicted octanol–water partition coefficient (Wildman–Crippen LogP) is 1.35. The Morgan fingerprint density at radius 3 is 2.79 bits per heavy atom. The van der Waals surface area contributed by atoms with Crippen LogP contribution in [0.5, 0.6) is 5.75 Å². The highest BCUT2D eigenvalue weighted by atomic mass is 16.5. The van der Waals surface area contributed by atoms with E-state index in [4.69, 9.17) is 4.74 Å². The van der Waals surface area contributed by atoms with Gasteiger partial charge in [-0.3, -0.25) is 4.79 Å². The van der Waals surface area contributed by atoms with E-state index in [0.29, 0.717) is 6.04 Å². The molecule has 19 heavy (non-hydrogen) atoms. The van der Waals surface area contributed by atoms with E-state index in [1.165, 1.54) is 0 Å². The van der Waals surface area contributed by atoms with Crippen LogP contribution in [-0.2, 0) is 4.79 Å². The fraction of sp³-hybridized carbons (Fsp3) is 0.286. The van der Waals surface area contributed by atoms with E-state index in [1.54, 1.807) is 17.4 Å². The van der Waals surface area contributed by atoms with E-state index in [2.05, 4.69) is 4.98 Å². The smallest absolute Gasteiger partial charge is 0.260 e. The third-order valence-corrected chi connectivity index (χ3v) is 3.27. The van der Waals surface area contributed by atoms with Gasteiger partial charge in [-0.1, -0.05) is 18.2 Å². The second-order valence-corrected chi connectivity index (χ2v) is 4.56. The fourth-order valence-electron chi connectivity index (χ4n) is 2.09. The van der Waals surface area contributed by atoms with Crippen LogP contribution in [0.25, 0.3) is 0 Å². The van der Waals surface area contributed by atoms with Gasteiger partial charge < -0.3 is 14.2 Å². The molecule has 3 rings (SSSR count). The minimum Gasteiger partial charge on any atom is -0.484 e. The van der Waals surface area contributed by atoms with Crippen molar-refractivity contribution < 1.29 is 9.53 Å². The second-order valence-electron chi connectivity index (χ2n) is 4.56. The molecule has 0 saturated carbocycles. The van der Waals surface area contributed by atoms with Gasteiger partial charge in [0.15, 0.2) is 6.61 Å². The van der Waals surface area contributed by atoms with Crippen LogP contribution in [0.3, 0.4) is 0 Å². The molecule has 0 aliphatic carbocycles. The number of aromatic nitrogens is 2. The lowest BCUT2D eigenvalue weighted by Crippen LogP contribution is -2.51. The monoisotopic (exact) mass is 257 g/mol. The number of carbonyl (C=O) groups excluding carboxylic acids is 1. The van der Waals surface area contributed by atoms with Crippen molar-refractivity contribution in [1.29, 1.82) is 0 Å². The molecule has 5 heteroatoms. The van der Waals surface area contributed by atoms with Crippen molar-refractivity contribution in [3.05, 3.63) is 49.1 Å². The molecule has 98 valence electrons. The van der Waals surface area contributed by atoms with Crippen LogP contribution in [0.1, 0.15) is 6.04 Å². The lowest BCUT2D eigenvalue weighted by atomic mass is 10.1. The first-order valence-corrected chi connectivity index (χ1v) is 6.26. The van der Waals surface area contributed by atoms with Crippen LogP contribution in [0.4, 0.5) is 0 Å². The SMILES string of the molecule is O=C(COc1ccccc1)N1CC(n2ccnc2)C1. The summed E-state index contributed by atoms with van der Waals surface area (Å²) in [5.41, 5.74) is 0. The van der Waals surface area contributed by atoms with Gasteiger partial charge in [0.2, 0.25) is 0 Å². The Balaban J connectivity index is 1.46. The van der Waals surface area contributed by atoms with Crippen molar-refractivity contribution >= 4 is 5.91 Å². The minimum atomic E-state index is 0.0280. The van der Waals surface area contributed by atoms with Crippen molar-refractivity contribution in [2.75, 3.05) is 19.7 Å². The Bertz CT molecular complexity index is 533. The van der Waals surface area contributed by atoms with Gasteiger partial charge in [-0.05, 0) is 12.1 Å². The molecule has 5 nitrogen and oxygen atoms in total. The van der Waals surface area contributed by atoms with Crippen molar-refractivity contribution in [3.8, 4) is 5.75 Å². The molecule has 2 heterocycles. The van der Waals surface area contributed by atoms with E-state index in [9.17, 15) is 4.79 Å². The standard InChI is InChI=1S/C14H15N3O2/c18-14(10-19-13-4-2-1-3-5-13)17-8-12(9-17)16-7-6-15-11-16/h1-7,11-12H,8-10H2.